The van der Waals surface area contributed by atoms with Crippen molar-refractivity contribution >= 4 is 44.1 Å². The van der Waals surface area contributed by atoms with Crippen molar-refractivity contribution in [1.82, 2.24) is 10.3 Å². The molecule has 2 fully saturated rings. The van der Waals surface area contributed by atoms with Crippen LogP contribution in [0.2, 0.25) is 0 Å². The van der Waals surface area contributed by atoms with Crippen molar-refractivity contribution in [2.45, 2.75) is 32.8 Å². The highest BCUT2D eigenvalue weighted by molar-refractivity contribution is 7.86. The molecule has 1 aromatic heterocycles. The summed E-state index contributed by atoms with van der Waals surface area (Å²) in [5, 5.41) is 3.89. The fourth-order valence-electron chi connectivity index (χ4n) is 4.23. The smallest absolute Gasteiger partial charge is 0.220 e. The molecule has 0 aliphatic carbocycles. The summed E-state index contributed by atoms with van der Waals surface area (Å²) in [4.78, 5) is 16.3. The van der Waals surface area contributed by atoms with Crippen LogP contribution in [0.3, 0.4) is 0 Å². The van der Waals surface area contributed by atoms with Gasteiger partial charge in [0.05, 0.1) is 15.2 Å². The topological polar surface area (TPSA) is 71.5 Å². The molecule has 1 amide bonds. The summed E-state index contributed by atoms with van der Waals surface area (Å²) in [5.41, 5.74) is 4.02. The molecule has 8 heteroatoms. The summed E-state index contributed by atoms with van der Waals surface area (Å²) < 4.78 is 21.5. The largest absolute Gasteiger partial charge is 0.489 e. The number of aromatic nitrogens is 1. The van der Waals surface area contributed by atoms with Gasteiger partial charge >= 0.3 is 0 Å². The van der Waals surface area contributed by atoms with Gasteiger partial charge < -0.3 is 10.1 Å². The number of nitrogens with zero attached hydrogens (tertiary/aromatic N) is 2. The molecule has 3 atom stereocenters. The molecule has 0 spiro atoms. The lowest BCUT2D eigenvalue weighted by Gasteiger charge is -2.20. The van der Waals surface area contributed by atoms with E-state index in [1.165, 1.54) is 0 Å². The number of carbonyl (C=O) groups excluding carboxylic acids is 1. The van der Waals surface area contributed by atoms with E-state index in [2.05, 4.69) is 29.6 Å². The Morgan fingerprint density at radius 3 is 2.74 bits per heavy atom. The summed E-state index contributed by atoms with van der Waals surface area (Å²) >= 11 is 1.63. The monoisotopic (exact) mass is 455 g/mol. The van der Waals surface area contributed by atoms with Crippen LogP contribution in [0.4, 0.5) is 5.69 Å². The van der Waals surface area contributed by atoms with Gasteiger partial charge in [0.25, 0.3) is 0 Å². The van der Waals surface area contributed by atoms with Crippen LogP contribution in [0.5, 0.6) is 5.75 Å². The molecule has 1 unspecified atom stereocenters. The molecule has 2 aliphatic heterocycles. The number of benzene rings is 2. The van der Waals surface area contributed by atoms with E-state index in [1.807, 2.05) is 30.3 Å². The number of carbonyl (C=O) groups is 1. The SMILES string of the molecule is Cc1nc2cc(-c3ccc(N4CCCS4=O)cc3)cc(O[C@H](C)[C@H]3CNC(=O)C3)c2s1. The van der Waals surface area contributed by atoms with E-state index in [-0.39, 0.29) is 17.9 Å². The Morgan fingerprint density at radius 2 is 2.06 bits per heavy atom. The maximum atomic E-state index is 12.1. The van der Waals surface area contributed by atoms with E-state index in [4.69, 9.17) is 9.72 Å². The third kappa shape index (κ3) is 4.06. The molecule has 1 N–H and O–H groups in total. The highest BCUT2D eigenvalue weighted by atomic mass is 32.2. The predicted octanol–water partition coefficient (Wildman–Crippen LogP) is 4.05. The molecule has 5 rings (SSSR count). The molecule has 31 heavy (non-hydrogen) atoms. The van der Waals surface area contributed by atoms with E-state index in [0.717, 1.165) is 56.5 Å². The Balaban J connectivity index is 1.46. The number of thiazole rings is 1. The van der Waals surface area contributed by atoms with Gasteiger partial charge in [-0.1, -0.05) is 12.1 Å². The predicted molar refractivity (Wildman–Crippen MR) is 126 cm³/mol. The van der Waals surface area contributed by atoms with Gasteiger partial charge in [0.1, 0.15) is 22.8 Å². The zero-order chi connectivity index (χ0) is 21.5. The molecular formula is C23H25N3O3S2. The number of anilines is 1. The number of nitrogens with one attached hydrogen (secondary N) is 1. The number of hydrogen-bond acceptors (Lipinski definition) is 5. The quantitative estimate of drug-likeness (QED) is 0.630. The van der Waals surface area contributed by atoms with Crippen LogP contribution >= 0.6 is 11.3 Å². The van der Waals surface area contributed by atoms with Gasteiger partial charge in [-0.15, -0.1) is 11.3 Å². The van der Waals surface area contributed by atoms with Crippen LogP contribution < -0.4 is 14.4 Å². The molecule has 2 aliphatic rings. The highest BCUT2D eigenvalue weighted by Crippen LogP contribution is 2.38. The molecule has 3 heterocycles. The fraction of sp³-hybridized carbons (Fsp3) is 0.391. The third-order valence-corrected chi connectivity index (χ3v) is 8.49. The van der Waals surface area contributed by atoms with Crippen molar-refractivity contribution in [3.05, 3.63) is 41.4 Å². The first kappa shape index (κ1) is 20.5. The number of rotatable bonds is 5. The van der Waals surface area contributed by atoms with Crippen molar-refractivity contribution in [1.29, 1.82) is 0 Å². The van der Waals surface area contributed by atoms with E-state index < -0.39 is 11.0 Å². The van der Waals surface area contributed by atoms with E-state index in [9.17, 15) is 9.00 Å². The first-order chi connectivity index (χ1) is 15.0. The fourth-order valence-corrected chi connectivity index (χ4v) is 6.38. The molecule has 2 saturated heterocycles. The molecule has 0 radical (unpaired) electrons. The van der Waals surface area contributed by atoms with Gasteiger partial charge in [-0.25, -0.2) is 9.19 Å². The minimum absolute atomic E-state index is 0.0765. The third-order valence-electron chi connectivity index (χ3n) is 5.96. The second-order valence-corrected chi connectivity index (χ2v) is 10.9. The van der Waals surface area contributed by atoms with Crippen LogP contribution in [0, 0.1) is 12.8 Å². The first-order valence-electron chi connectivity index (χ1n) is 10.6. The van der Waals surface area contributed by atoms with Crippen molar-refractivity contribution in [3.8, 4) is 16.9 Å². The van der Waals surface area contributed by atoms with Crippen LogP contribution in [0.1, 0.15) is 24.8 Å². The summed E-state index contributed by atoms with van der Waals surface area (Å²) in [5.74, 6) is 1.81. The Bertz CT molecular complexity index is 1160. The van der Waals surface area contributed by atoms with Gasteiger partial charge in [-0.05, 0) is 55.7 Å². The average Bonchev–Trinajstić information content (AvgIpc) is 3.47. The van der Waals surface area contributed by atoms with Crippen LogP contribution in [-0.2, 0) is 15.8 Å². The Kier molecular flexibility index (Phi) is 5.44. The van der Waals surface area contributed by atoms with Crippen molar-refractivity contribution in [3.63, 3.8) is 0 Å². The first-order valence-corrected chi connectivity index (χ1v) is 12.7. The molecule has 0 bridgehead atoms. The highest BCUT2D eigenvalue weighted by Gasteiger charge is 2.28. The average molecular weight is 456 g/mol. The molecule has 6 nitrogen and oxygen atoms in total. The molecule has 0 saturated carbocycles. The minimum atomic E-state index is -0.917. The van der Waals surface area contributed by atoms with Gasteiger partial charge in [-0.3, -0.25) is 9.10 Å². The van der Waals surface area contributed by atoms with Gasteiger partial charge in [0.15, 0.2) is 0 Å². The maximum absolute atomic E-state index is 12.1. The van der Waals surface area contributed by atoms with Crippen LogP contribution in [0.25, 0.3) is 21.3 Å². The second kappa shape index (κ2) is 8.24. The van der Waals surface area contributed by atoms with Crippen molar-refractivity contribution < 1.29 is 13.7 Å². The van der Waals surface area contributed by atoms with Gasteiger partial charge in [-0.2, -0.15) is 0 Å². The summed E-state index contributed by atoms with van der Waals surface area (Å²) in [6.45, 7) is 5.53. The Labute approximate surface area is 188 Å². The standard InChI is InChI=1S/C23H25N3O3S2/c1-14(18-12-22(27)24-13-18)29-21-11-17(10-20-23(21)30-15(2)25-20)16-4-6-19(7-5-16)26-8-3-9-31(26)28/h4-7,10-11,14,18H,3,8-9,12-13H2,1-2H3,(H,24,27)/t14-,18-,31?/m1/s1. The van der Waals surface area contributed by atoms with Crippen molar-refractivity contribution in [2.24, 2.45) is 5.92 Å². The lowest BCUT2D eigenvalue weighted by Crippen LogP contribution is -2.25. The van der Waals surface area contributed by atoms with Crippen molar-refractivity contribution in [2.75, 3.05) is 23.1 Å². The molecule has 2 aromatic carbocycles. The zero-order valence-electron chi connectivity index (χ0n) is 17.6. The van der Waals surface area contributed by atoms with Gasteiger partial charge in [0.2, 0.25) is 5.91 Å². The summed E-state index contributed by atoms with van der Waals surface area (Å²) in [6, 6.07) is 12.4. The van der Waals surface area contributed by atoms with E-state index in [0.29, 0.717) is 13.0 Å². The number of hydrogen-bond donors (Lipinski definition) is 1. The summed E-state index contributed by atoms with van der Waals surface area (Å²) in [6.07, 6.45) is 1.40. The lowest BCUT2D eigenvalue weighted by molar-refractivity contribution is -0.119. The van der Waals surface area contributed by atoms with Crippen LogP contribution in [-0.4, -0.2) is 40.0 Å². The number of fused-ring (bicyclic) bond motifs is 1. The summed E-state index contributed by atoms with van der Waals surface area (Å²) in [7, 11) is -0.917. The maximum Gasteiger partial charge on any atom is 0.220 e. The normalized spacial score (nSPS) is 22.1. The second-order valence-electron chi connectivity index (χ2n) is 8.17. The number of ether oxygens (including phenoxy) is 1. The number of amides is 1. The Hall–Kier alpha value is -2.45. The van der Waals surface area contributed by atoms with E-state index in [1.54, 1.807) is 11.3 Å². The number of aryl methyl sites for hydroxylation is 1. The zero-order valence-corrected chi connectivity index (χ0v) is 19.2. The minimum Gasteiger partial charge on any atom is -0.489 e. The lowest BCUT2D eigenvalue weighted by atomic mass is 10.0. The Morgan fingerprint density at radius 1 is 1.26 bits per heavy atom. The van der Waals surface area contributed by atoms with E-state index >= 15 is 0 Å². The molecule has 162 valence electrons. The molecule has 3 aromatic rings. The van der Waals surface area contributed by atoms with Gasteiger partial charge in [0, 0.05) is 36.9 Å². The van der Waals surface area contributed by atoms with Crippen LogP contribution in [0.15, 0.2) is 36.4 Å². The molecular weight excluding hydrogens is 430 g/mol.